The van der Waals surface area contributed by atoms with Crippen LogP contribution < -0.4 is 0 Å². The van der Waals surface area contributed by atoms with Crippen molar-refractivity contribution >= 4 is 0 Å². The maximum absolute atomic E-state index is 11.1. The van der Waals surface area contributed by atoms with Crippen molar-refractivity contribution in [3.05, 3.63) is 40.5 Å². The molecular weight excluding hydrogens is 364 g/mol. The van der Waals surface area contributed by atoms with Crippen molar-refractivity contribution in [1.82, 2.24) is 0 Å². The molecule has 144 valence electrons. The first-order valence-corrected chi connectivity index (χ1v) is 5.93. The summed E-state index contributed by atoms with van der Waals surface area (Å²) >= 11 is 0. The van der Waals surface area contributed by atoms with Crippen LogP contribution in [0, 0.1) is 46.4 Å². The van der Waals surface area contributed by atoms with Crippen LogP contribution in [-0.4, -0.2) is 59.4 Å². The van der Waals surface area contributed by atoms with E-state index in [0.29, 0.717) is 0 Å². The van der Waals surface area contributed by atoms with Gasteiger partial charge in [0.05, 0.1) is 0 Å². The molecule has 3 N–H and O–H groups in total. The van der Waals surface area contributed by atoms with Crippen LogP contribution in [0.5, 0.6) is 0 Å². The van der Waals surface area contributed by atoms with Gasteiger partial charge in [-0.1, -0.05) is 13.8 Å². The fourth-order valence-corrected chi connectivity index (χ4v) is 1.84. The van der Waals surface area contributed by atoms with Gasteiger partial charge in [0.15, 0.2) is 0 Å². The third-order valence-corrected chi connectivity index (χ3v) is 2.72. The molecule has 0 aliphatic carbocycles. The summed E-state index contributed by atoms with van der Waals surface area (Å²) in [6.45, 7) is 1.93. The molecular formula is C7H12N4O14. The van der Waals surface area contributed by atoms with Crippen molar-refractivity contribution in [2.45, 2.75) is 37.8 Å². The lowest BCUT2D eigenvalue weighted by Crippen LogP contribution is -2.73. The van der Waals surface area contributed by atoms with Gasteiger partial charge >= 0.3 is 11.6 Å². The molecule has 4 atom stereocenters. The van der Waals surface area contributed by atoms with Crippen LogP contribution in [0.4, 0.5) is 0 Å². The van der Waals surface area contributed by atoms with Crippen molar-refractivity contribution in [1.29, 1.82) is 0 Å². The van der Waals surface area contributed by atoms with E-state index >= 15 is 0 Å². The van der Waals surface area contributed by atoms with Crippen LogP contribution in [0.25, 0.3) is 0 Å². The molecule has 0 rings (SSSR count). The lowest BCUT2D eigenvalue weighted by Gasteiger charge is -2.41. The maximum atomic E-state index is 11.1. The number of nitro groups is 1. The topological polar surface area (TPSA) is 261 Å². The van der Waals surface area contributed by atoms with E-state index < -0.39 is 50.0 Å². The summed E-state index contributed by atoms with van der Waals surface area (Å²) in [6, 6.07) is -2.76. The van der Waals surface area contributed by atoms with E-state index in [4.69, 9.17) is 0 Å². The van der Waals surface area contributed by atoms with Crippen LogP contribution in [-0.2, 0) is 14.5 Å². The zero-order valence-electron chi connectivity index (χ0n) is 12.4. The maximum Gasteiger partial charge on any atom is 0.340 e. The summed E-state index contributed by atoms with van der Waals surface area (Å²) < 4.78 is 0. The molecule has 0 aliphatic rings. The highest BCUT2D eigenvalue weighted by atomic mass is 17.0. The van der Waals surface area contributed by atoms with Crippen LogP contribution in [0.1, 0.15) is 13.8 Å². The molecule has 0 aromatic heterocycles. The highest BCUT2D eigenvalue weighted by Gasteiger charge is 2.72. The van der Waals surface area contributed by atoms with Gasteiger partial charge in [0.2, 0.25) is 0 Å². The summed E-state index contributed by atoms with van der Waals surface area (Å²) in [5.74, 6) is -10.2. The van der Waals surface area contributed by atoms with E-state index in [1.807, 2.05) is 0 Å². The van der Waals surface area contributed by atoms with Gasteiger partial charge in [-0.15, -0.1) is 30.3 Å². The third-order valence-electron chi connectivity index (χ3n) is 2.72. The molecule has 25 heavy (non-hydrogen) atoms. The quantitative estimate of drug-likeness (QED) is 0.193. The SMILES string of the molecule is CC(C)C([N+](=O)[O-])C(O)(O[N+](=O)[O-])C(O)(O[N+](=O)[O-])C(O)O[N+](=O)[O-]. The van der Waals surface area contributed by atoms with Gasteiger partial charge in [0, 0.05) is 10.8 Å². The molecule has 0 radical (unpaired) electrons. The molecule has 0 aromatic rings. The lowest BCUT2D eigenvalue weighted by atomic mass is 9.89. The molecule has 0 saturated carbocycles. The summed E-state index contributed by atoms with van der Waals surface area (Å²) in [6.07, 6.45) is -3.53. The molecule has 0 amide bonds. The van der Waals surface area contributed by atoms with E-state index in [-0.39, 0.29) is 0 Å². The summed E-state index contributed by atoms with van der Waals surface area (Å²) in [7, 11) is 0. The Bertz CT molecular complexity index is 553. The molecule has 0 heterocycles. The predicted molar refractivity (Wildman–Crippen MR) is 65.8 cm³/mol. The van der Waals surface area contributed by atoms with Crippen molar-refractivity contribution in [2.75, 3.05) is 0 Å². The van der Waals surface area contributed by atoms with E-state index in [1.165, 1.54) is 0 Å². The minimum absolute atomic E-state index is 0.967. The van der Waals surface area contributed by atoms with E-state index in [2.05, 4.69) is 14.5 Å². The summed E-state index contributed by atoms with van der Waals surface area (Å²) in [5.41, 5.74) is 0. The molecule has 18 heteroatoms. The zero-order chi connectivity index (χ0) is 20.2. The Labute approximate surface area is 135 Å². The standard InChI is InChI=1S/C7H12N4O14/c1-3(2)4(8(15)16)6(13,24-10(19)20)7(14,25-11(21)22)5(12)23-9(17)18/h3-5,12-14H,1-2H3. The van der Waals surface area contributed by atoms with Gasteiger partial charge in [-0.05, 0) is 0 Å². The highest BCUT2D eigenvalue weighted by molar-refractivity contribution is 4.94. The minimum atomic E-state index is -4.47. The van der Waals surface area contributed by atoms with E-state index in [1.54, 1.807) is 0 Å². The molecule has 0 aromatic carbocycles. The number of aliphatic hydroxyl groups excluding tert-OH is 1. The largest absolute Gasteiger partial charge is 0.364 e. The summed E-state index contributed by atoms with van der Waals surface area (Å²) in [4.78, 5) is 51.3. The van der Waals surface area contributed by atoms with E-state index in [9.17, 15) is 55.8 Å². The zero-order valence-corrected chi connectivity index (χ0v) is 12.4. The first-order valence-electron chi connectivity index (χ1n) is 5.93. The first kappa shape index (κ1) is 21.9. The molecule has 0 bridgehead atoms. The fraction of sp³-hybridized carbons (Fsp3) is 1.00. The van der Waals surface area contributed by atoms with Crippen molar-refractivity contribution in [2.24, 2.45) is 5.92 Å². The number of aliphatic hydroxyl groups is 3. The number of hydrogen-bond donors (Lipinski definition) is 3. The third kappa shape index (κ3) is 4.68. The average molecular weight is 376 g/mol. The minimum Gasteiger partial charge on any atom is -0.364 e. The molecule has 0 saturated heterocycles. The smallest absolute Gasteiger partial charge is 0.340 e. The Kier molecular flexibility index (Phi) is 6.68. The molecule has 18 nitrogen and oxygen atoms in total. The Morgan fingerprint density at radius 2 is 1.24 bits per heavy atom. The number of rotatable bonds is 11. The lowest BCUT2D eigenvalue weighted by molar-refractivity contribution is -0.878. The Morgan fingerprint density at radius 3 is 1.52 bits per heavy atom. The average Bonchev–Trinajstić information content (AvgIpc) is 2.34. The van der Waals surface area contributed by atoms with Gasteiger partial charge in [0.25, 0.3) is 27.6 Å². The van der Waals surface area contributed by atoms with Crippen LogP contribution >= 0.6 is 0 Å². The highest BCUT2D eigenvalue weighted by Crippen LogP contribution is 2.37. The molecule has 0 aliphatic heterocycles. The van der Waals surface area contributed by atoms with Gasteiger partial charge in [-0.2, -0.15) is 0 Å². The Morgan fingerprint density at radius 1 is 0.840 bits per heavy atom. The Hall–Kier alpha value is -3.12. The second kappa shape index (κ2) is 7.63. The second-order valence-electron chi connectivity index (χ2n) is 4.68. The fourth-order valence-electron chi connectivity index (χ4n) is 1.84. The van der Waals surface area contributed by atoms with Crippen molar-refractivity contribution in [3.8, 4) is 0 Å². The molecule has 0 spiro atoms. The second-order valence-corrected chi connectivity index (χ2v) is 4.68. The van der Waals surface area contributed by atoms with Crippen LogP contribution in [0.3, 0.4) is 0 Å². The number of nitrogens with zero attached hydrogens (tertiary/aromatic N) is 4. The predicted octanol–water partition coefficient (Wildman–Crippen LogP) is -2.39. The van der Waals surface area contributed by atoms with Gasteiger partial charge in [-0.3, -0.25) is 24.6 Å². The van der Waals surface area contributed by atoms with Gasteiger partial charge < -0.3 is 15.3 Å². The van der Waals surface area contributed by atoms with E-state index in [0.717, 1.165) is 13.8 Å². The first-order chi connectivity index (χ1) is 11.2. The normalized spacial score (nSPS) is 18.2. The molecule has 0 fully saturated rings. The van der Waals surface area contributed by atoms with Gasteiger partial charge in [-0.25, -0.2) is 0 Å². The molecule has 4 unspecified atom stereocenters. The summed E-state index contributed by atoms with van der Waals surface area (Å²) in [5, 5.41) is 66.3. The van der Waals surface area contributed by atoms with Crippen LogP contribution in [0.15, 0.2) is 0 Å². The number of hydrogen-bond acceptors (Lipinski definition) is 14. The monoisotopic (exact) mass is 376 g/mol. The Balaban J connectivity index is 6.52. The van der Waals surface area contributed by atoms with Crippen molar-refractivity contribution < 1.29 is 50.0 Å². The van der Waals surface area contributed by atoms with Crippen LogP contribution in [0.2, 0.25) is 0 Å². The van der Waals surface area contributed by atoms with Crippen molar-refractivity contribution in [3.63, 3.8) is 0 Å². The van der Waals surface area contributed by atoms with Gasteiger partial charge in [0.1, 0.15) is 0 Å².